The first kappa shape index (κ1) is 21.2. The van der Waals surface area contributed by atoms with Crippen molar-refractivity contribution in [3.8, 4) is 23.7 Å². The van der Waals surface area contributed by atoms with E-state index in [-0.39, 0.29) is 0 Å². The van der Waals surface area contributed by atoms with E-state index in [2.05, 4.69) is 71.8 Å². The molecule has 2 rings (SSSR count). The average Bonchev–Trinajstić information content (AvgIpc) is 2.74. The molecule has 2 heteroatoms. The van der Waals surface area contributed by atoms with Crippen molar-refractivity contribution >= 4 is 12.2 Å². The van der Waals surface area contributed by atoms with E-state index in [1.54, 1.807) is 0 Å². The fourth-order valence-corrected chi connectivity index (χ4v) is 2.43. The largest absolute Gasteiger partial charge is 0.247 e. The molecule has 0 aliphatic heterocycles. The summed E-state index contributed by atoms with van der Waals surface area (Å²) < 4.78 is 0. The minimum absolute atomic E-state index is 0.723. The van der Waals surface area contributed by atoms with Crippen LogP contribution in [0.5, 0.6) is 0 Å². The van der Waals surface area contributed by atoms with Crippen LogP contribution in [-0.4, -0.2) is 9.97 Å². The van der Waals surface area contributed by atoms with Crippen LogP contribution in [0.3, 0.4) is 0 Å². The van der Waals surface area contributed by atoms with E-state index in [0.29, 0.717) is 0 Å². The van der Waals surface area contributed by atoms with Crippen LogP contribution >= 0.6 is 0 Å². The Kier molecular flexibility index (Phi) is 9.94. The van der Waals surface area contributed by atoms with Crippen molar-refractivity contribution in [3.05, 3.63) is 71.3 Å². The van der Waals surface area contributed by atoms with E-state index >= 15 is 0 Å². The van der Waals surface area contributed by atoms with Gasteiger partial charge in [0, 0.05) is 12.4 Å². The summed E-state index contributed by atoms with van der Waals surface area (Å²) in [6.07, 6.45) is 19.4. The molecular formula is C26H28N2. The molecule has 0 fully saturated rings. The second-order valence-corrected chi connectivity index (χ2v) is 6.54. The van der Waals surface area contributed by atoms with E-state index in [0.717, 1.165) is 35.4 Å². The Bertz CT molecular complexity index is 802. The van der Waals surface area contributed by atoms with Gasteiger partial charge in [0.15, 0.2) is 0 Å². The van der Waals surface area contributed by atoms with Crippen LogP contribution in [0.2, 0.25) is 0 Å². The molecule has 0 aromatic carbocycles. The zero-order valence-corrected chi connectivity index (χ0v) is 16.9. The van der Waals surface area contributed by atoms with Gasteiger partial charge in [0.25, 0.3) is 0 Å². The van der Waals surface area contributed by atoms with Gasteiger partial charge in [-0.2, -0.15) is 0 Å². The number of rotatable bonds is 8. The van der Waals surface area contributed by atoms with Gasteiger partial charge in [-0.05, 0) is 59.8 Å². The highest BCUT2D eigenvalue weighted by atomic mass is 14.7. The maximum absolute atomic E-state index is 4.36. The van der Waals surface area contributed by atoms with Crippen LogP contribution in [0.1, 0.15) is 74.9 Å². The van der Waals surface area contributed by atoms with Crippen molar-refractivity contribution in [1.82, 2.24) is 9.97 Å². The standard InChI is InChI=1S/C26H28N2/c1-3-5-7-9-13-23-17-19-25(27-21-23)15-11-12-16-26-20-18-24(22-28-26)14-10-8-6-4-2/h9-10,13-14,17-22H,3-8H2,1-2H3/b13-9+,14-10+. The molecule has 0 saturated heterocycles. The van der Waals surface area contributed by atoms with Crippen molar-refractivity contribution in [2.24, 2.45) is 0 Å². The van der Waals surface area contributed by atoms with Gasteiger partial charge in [0.05, 0.1) is 0 Å². The molecule has 142 valence electrons. The maximum atomic E-state index is 4.36. The van der Waals surface area contributed by atoms with Crippen LogP contribution in [-0.2, 0) is 0 Å². The molecule has 2 heterocycles. The number of hydrogen-bond donors (Lipinski definition) is 0. The SMILES string of the molecule is CCCC/C=C/c1ccc(C#CC#Cc2ccc(/C=C/CCCC)cn2)nc1. The van der Waals surface area contributed by atoms with Gasteiger partial charge < -0.3 is 0 Å². The minimum atomic E-state index is 0.723. The van der Waals surface area contributed by atoms with Gasteiger partial charge in [-0.25, -0.2) is 9.97 Å². The van der Waals surface area contributed by atoms with E-state index < -0.39 is 0 Å². The molecular weight excluding hydrogens is 340 g/mol. The molecule has 0 aliphatic rings. The molecule has 0 bridgehead atoms. The number of unbranched alkanes of at least 4 members (excludes halogenated alkanes) is 4. The second-order valence-electron chi connectivity index (χ2n) is 6.54. The van der Waals surface area contributed by atoms with Crippen LogP contribution in [0, 0.1) is 23.7 Å². The summed E-state index contributed by atoms with van der Waals surface area (Å²) in [5.74, 6) is 11.6. The molecule has 0 saturated carbocycles. The Labute approximate surface area is 169 Å². The van der Waals surface area contributed by atoms with Crippen molar-refractivity contribution < 1.29 is 0 Å². The van der Waals surface area contributed by atoms with Crippen molar-refractivity contribution in [2.45, 2.75) is 52.4 Å². The summed E-state index contributed by atoms with van der Waals surface area (Å²) in [5, 5.41) is 0. The van der Waals surface area contributed by atoms with Gasteiger partial charge in [0.1, 0.15) is 11.4 Å². The van der Waals surface area contributed by atoms with Gasteiger partial charge in [-0.1, -0.05) is 76.0 Å². The molecule has 0 unspecified atom stereocenters. The fourth-order valence-electron chi connectivity index (χ4n) is 2.43. The quantitative estimate of drug-likeness (QED) is 0.404. The molecule has 0 aliphatic carbocycles. The highest BCUT2D eigenvalue weighted by Gasteiger charge is 1.91. The lowest BCUT2D eigenvalue weighted by Gasteiger charge is -1.94. The number of aromatic nitrogens is 2. The smallest absolute Gasteiger partial charge is 0.114 e. The first-order chi connectivity index (χ1) is 13.8. The van der Waals surface area contributed by atoms with Crippen molar-refractivity contribution in [1.29, 1.82) is 0 Å². The van der Waals surface area contributed by atoms with Crippen LogP contribution in [0.4, 0.5) is 0 Å². The number of allylic oxidation sites excluding steroid dienone is 2. The maximum Gasteiger partial charge on any atom is 0.114 e. The predicted octanol–water partition coefficient (Wildman–Crippen LogP) is 6.29. The van der Waals surface area contributed by atoms with Crippen molar-refractivity contribution in [3.63, 3.8) is 0 Å². The highest BCUT2D eigenvalue weighted by molar-refractivity contribution is 5.50. The topological polar surface area (TPSA) is 25.8 Å². The fraction of sp³-hybridized carbons (Fsp3) is 0.308. The summed E-state index contributed by atoms with van der Waals surface area (Å²) in [6, 6.07) is 7.90. The van der Waals surface area contributed by atoms with Crippen LogP contribution in [0.25, 0.3) is 12.2 Å². The van der Waals surface area contributed by atoms with Crippen LogP contribution in [0.15, 0.2) is 48.8 Å². The van der Waals surface area contributed by atoms with E-state index in [9.17, 15) is 0 Å². The summed E-state index contributed by atoms with van der Waals surface area (Å²) in [6.45, 7) is 4.40. The Hall–Kier alpha value is -3.10. The molecule has 2 nitrogen and oxygen atoms in total. The first-order valence-electron chi connectivity index (χ1n) is 10.1. The van der Waals surface area contributed by atoms with Gasteiger partial charge in [0.2, 0.25) is 0 Å². The van der Waals surface area contributed by atoms with E-state index in [4.69, 9.17) is 0 Å². The summed E-state index contributed by atoms with van der Waals surface area (Å²) in [4.78, 5) is 8.72. The van der Waals surface area contributed by atoms with Gasteiger partial charge >= 0.3 is 0 Å². The normalized spacial score (nSPS) is 10.5. The van der Waals surface area contributed by atoms with E-state index in [1.807, 2.05) is 36.7 Å². The first-order valence-corrected chi connectivity index (χ1v) is 10.1. The monoisotopic (exact) mass is 368 g/mol. The molecule has 0 radical (unpaired) electrons. The van der Waals surface area contributed by atoms with Crippen molar-refractivity contribution in [2.75, 3.05) is 0 Å². The lowest BCUT2D eigenvalue weighted by atomic mass is 10.2. The Balaban J connectivity index is 1.88. The number of nitrogens with zero attached hydrogens (tertiary/aromatic N) is 2. The van der Waals surface area contributed by atoms with Gasteiger partial charge in [-0.15, -0.1) is 0 Å². The highest BCUT2D eigenvalue weighted by Crippen LogP contribution is 2.05. The van der Waals surface area contributed by atoms with Gasteiger partial charge in [-0.3, -0.25) is 0 Å². The van der Waals surface area contributed by atoms with E-state index in [1.165, 1.54) is 25.7 Å². The molecule has 0 spiro atoms. The molecule has 2 aromatic rings. The summed E-state index contributed by atoms with van der Waals surface area (Å²) in [7, 11) is 0. The minimum Gasteiger partial charge on any atom is -0.247 e. The number of hydrogen-bond acceptors (Lipinski definition) is 2. The predicted molar refractivity (Wildman–Crippen MR) is 119 cm³/mol. The van der Waals surface area contributed by atoms with Crippen LogP contribution < -0.4 is 0 Å². The Morgan fingerprint density at radius 3 is 1.54 bits per heavy atom. The zero-order chi connectivity index (χ0) is 19.9. The lowest BCUT2D eigenvalue weighted by Crippen LogP contribution is -1.83. The molecule has 0 N–H and O–H groups in total. The second kappa shape index (κ2) is 13.1. The average molecular weight is 369 g/mol. The summed E-state index contributed by atoms with van der Waals surface area (Å²) in [5.41, 5.74) is 3.64. The Morgan fingerprint density at radius 2 is 1.18 bits per heavy atom. The Morgan fingerprint density at radius 1 is 0.714 bits per heavy atom. The zero-order valence-electron chi connectivity index (χ0n) is 16.9. The summed E-state index contributed by atoms with van der Waals surface area (Å²) >= 11 is 0. The molecule has 28 heavy (non-hydrogen) atoms. The molecule has 0 amide bonds. The third-order valence-corrected chi connectivity index (χ3v) is 4.09. The third-order valence-electron chi connectivity index (χ3n) is 4.09. The lowest BCUT2D eigenvalue weighted by molar-refractivity contribution is 0.816. The number of pyridine rings is 2. The molecule has 0 atom stereocenters. The molecule has 2 aromatic heterocycles. The third kappa shape index (κ3) is 8.52.